The minimum absolute atomic E-state index is 0.153. The van der Waals surface area contributed by atoms with Gasteiger partial charge in [0.1, 0.15) is 6.04 Å². The third-order valence-electron chi connectivity index (χ3n) is 3.51. The molecule has 1 aromatic rings. The summed E-state index contributed by atoms with van der Waals surface area (Å²) in [6.45, 7) is 6.97. The van der Waals surface area contributed by atoms with Gasteiger partial charge in [0.15, 0.2) is 0 Å². The molecule has 1 unspecified atom stereocenters. The molecule has 0 radical (unpaired) electrons. The molecule has 1 fully saturated rings. The van der Waals surface area contributed by atoms with E-state index in [4.69, 9.17) is 4.74 Å². The second kappa shape index (κ2) is 6.72. The van der Waals surface area contributed by atoms with E-state index in [1.54, 1.807) is 0 Å². The molecule has 1 aliphatic carbocycles. The Morgan fingerprint density at radius 1 is 1.55 bits per heavy atom. The Hall–Kier alpha value is -0.880. The quantitative estimate of drug-likeness (QED) is 0.772. The molecule has 0 saturated heterocycles. The summed E-state index contributed by atoms with van der Waals surface area (Å²) in [6, 6.07) is 0.252. The summed E-state index contributed by atoms with van der Waals surface area (Å²) in [5.74, 6) is -0.153. The number of nitrogens with one attached hydrogen (secondary N) is 1. The Labute approximate surface area is 128 Å². The Bertz CT molecular complexity index is 483. The van der Waals surface area contributed by atoms with Crippen LogP contribution in [0.5, 0.6) is 0 Å². The number of ether oxygens (including phenoxy) is 1. The second-order valence-corrected chi connectivity index (χ2v) is 6.04. The molecule has 5 nitrogen and oxygen atoms in total. The molecular weight excluding hydrogens is 322 g/mol. The molecule has 0 bridgehead atoms. The van der Waals surface area contributed by atoms with Crippen LogP contribution < -0.4 is 5.32 Å². The molecule has 0 aliphatic heterocycles. The van der Waals surface area contributed by atoms with E-state index in [2.05, 4.69) is 26.3 Å². The maximum atomic E-state index is 12.0. The van der Waals surface area contributed by atoms with E-state index in [0.717, 1.165) is 28.7 Å². The topological polar surface area (TPSA) is 56.2 Å². The van der Waals surface area contributed by atoms with Crippen molar-refractivity contribution in [2.45, 2.75) is 58.7 Å². The van der Waals surface area contributed by atoms with Crippen LogP contribution in [-0.4, -0.2) is 34.4 Å². The molecule has 2 rings (SSSR count). The highest BCUT2D eigenvalue weighted by Crippen LogP contribution is 2.22. The van der Waals surface area contributed by atoms with Crippen LogP contribution in [0.2, 0.25) is 0 Å². The van der Waals surface area contributed by atoms with Crippen LogP contribution in [0.1, 0.15) is 37.6 Å². The number of carbonyl (C=O) groups excluding carboxylic acids is 1. The number of aromatic nitrogens is 2. The molecule has 1 saturated carbocycles. The number of halogens is 1. The van der Waals surface area contributed by atoms with Crippen molar-refractivity contribution in [3.8, 4) is 0 Å². The molecule has 112 valence electrons. The number of rotatable bonds is 7. The fourth-order valence-corrected chi connectivity index (χ4v) is 2.47. The molecule has 1 atom stereocenters. The van der Waals surface area contributed by atoms with E-state index >= 15 is 0 Å². The van der Waals surface area contributed by atoms with E-state index in [0.29, 0.717) is 25.6 Å². The van der Waals surface area contributed by atoms with E-state index in [1.165, 1.54) is 0 Å². The van der Waals surface area contributed by atoms with Gasteiger partial charge in [0.2, 0.25) is 0 Å². The summed E-state index contributed by atoms with van der Waals surface area (Å²) in [5.41, 5.74) is 2.07. The molecule has 0 aromatic carbocycles. The normalized spacial score (nSPS) is 16.2. The largest absolute Gasteiger partial charge is 0.465 e. The molecule has 1 heterocycles. The number of esters is 1. The van der Waals surface area contributed by atoms with Gasteiger partial charge in [0.25, 0.3) is 0 Å². The van der Waals surface area contributed by atoms with Crippen molar-refractivity contribution in [3.05, 3.63) is 15.9 Å². The van der Waals surface area contributed by atoms with Crippen molar-refractivity contribution in [3.63, 3.8) is 0 Å². The van der Waals surface area contributed by atoms with Gasteiger partial charge in [0, 0.05) is 18.3 Å². The number of nitrogens with zero attached hydrogens (tertiary/aromatic N) is 2. The lowest BCUT2D eigenvalue weighted by molar-refractivity contribution is -0.146. The summed E-state index contributed by atoms with van der Waals surface area (Å²) in [7, 11) is 0. The van der Waals surface area contributed by atoms with Gasteiger partial charge in [-0.15, -0.1) is 0 Å². The molecule has 0 amide bonds. The van der Waals surface area contributed by atoms with Gasteiger partial charge in [0.05, 0.1) is 16.8 Å². The zero-order valence-corrected chi connectivity index (χ0v) is 13.9. The Morgan fingerprint density at radius 2 is 2.25 bits per heavy atom. The first-order valence-corrected chi connectivity index (χ1v) is 7.94. The third-order valence-corrected chi connectivity index (χ3v) is 4.66. The highest BCUT2D eigenvalue weighted by Gasteiger charge is 2.29. The van der Waals surface area contributed by atoms with Crippen molar-refractivity contribution in [2.24, 2.45) is 0 Å². The van der Waals surface area contributed by atoms with Crippen LogP contribution in [-0.2, 0) is 16.1 Å². The third kappa shape index (κ3) is 3.82. The predicted octanol–water partition coefficient (Wildman–Crippen LogP) is 2.34. The number of hydrogen-bond donors (Lipinski definition) is 1. The smallest absolute Gasteiger partial charge is 0.323 e. The first-order chi connectivity index (χ1) is 9.52. The molecule has 6 heteroatoms. The van der Waals surface area contributed by atoms with Crippen LogP contribution in [0.3, 0.4) is 0 Å². The van der Waals surface area contributed by atoms with Crippen molar-refractivity contribution >= 4 is 21.9 Å². The number of carbonyl (C=O) groups is 1. The first kappa shape index (κ1) is 15.5. The van der Waals surface area contributed by atoms with Crippen LogP contribution in [0.25, 0.3) is 0 Å². The lowest BCUT2D eigenvalue weighted by atomic mass is 10.2. The SMILES string of the molecule is CCOC(=O)C(CCn1nc(C)c(Br)c1C)NC1CC1. The van der Waals surface area contributed by atoms with E-state index in [9.17, 15) is 4.79 Å². The van der Waals surface area contributed by atoms with Crippen molar-refractivity contribution in [1.82, 2.24) is 15.1 Å². The minimum atomic E-state index is -0.231. The van der Waals surface area contributed by atoms with Crippen LogP contribution >= 0.6 is 15.9 Å². The highest BCUT2D eigenvalue weighted by molar-refractivity contribution is 9.10. The average Bonchev–Trinajstić information content (AvgIpc) is 3.20. The van der Waals surface area contributed by atoms with Gasteiger partial charge in [-0.3, -0.25) is 9.48 Å². The first-order valence-electron chi connectivity index (χ1n) is 7.15. The number of hydrogen-bond acceptors (Lipinski definition) is 4. The molecule has 1 aromatic heterocycles. The molecule has 0 spiro atoms. The number of aryl methyl sites for hydroxylation is 2. The van der Waals surface area contributed by atoms with Gasteiger partial charge >= 0.3 is 5.97 Å². The zero-order valence-electron chi connectivity index (χ0n) is 12.3. The summed E-state index contributed by atoms with van der Waals surface area (Å²) < 4.78 is 8.13. The highest BCUT2D eigenvalue weighted by atomic mass is 79.9. The van der Waals surface area contributed by atoms with Crippen LogP contribution in [0.4, 0.5) is 0 Å². The van der Waals surface area contributed by atoms with Gasteiger partial charge in [-0.2, -0.15) is 5.10 Å². The van der Waals surface area contributed by atoms with Crippen molar-refractivity contribution in [2.75, 3.05) is 6.61 Å². The fraction of sp³-hybridized carbons (Fsp3) is 0.714. The van der Waals surface area contributed by atoms with Gasteiger partial charge in [-0.05, 0) is 56.0 Å². The summed E-state index contributed by atoms with van der Waals surface area (Å²) in [6.07, 6.45) is 3.01. The molecule has 1 N–H and O–H groups in total. The van der Waals surface area contributed by atoms with Crippen molar-refractivity contribution in [1.29, 1.82) is 0 Å². The predicted molar refractivity (Wildman–Crippen MR) is 80.6 cm³/mol. The van der Waals surface area contributed by atoms with Crippen LogP contribution in [0, 0.1) is 13.8 Å². The second-order valence-electron chi connectivity index (χ2n) is 5.24. The summed E-state index contributed by atoms with van der Waals surface area (Å²) in [4.78, 5) is 12.0. The zero-order chi connectivity index (χ0) is 14.7. The standard InChI is InChI=1S/C14H22BrN3O2/c1-4-20-14(19)12(16-11-5-6-11)7-8-18-10(3)13(15)9(2)17-18/h11-12,16H,4-8H2,1-3H3. The summed E-state index contributed by atoms with van der Waals surface area (Å²) >= 11 is 3.52. The van der Waals surface area contributed by atoms with E-state index in [1.807, 2.05) is 25.5 Å². The summed E-state index contributed by atoms with van der Waals surface area (Å²) in [5, 5.41) is 7.83. The lowest BCUT2D eigenvalue weighted by Crippen LogP contribution is -2.40. The lowest BCUT2D eigenvalue weighted by Gasteiger charge is -2.17. The van der Waals surface area contributed by atoms with Gasteiger partial charge in [-0.25, -0.2) is 0 Å². The van der Waals surface area contributed by atoms with Crippen molar-refractivity contribution < 1.29 is 9.53 Å². The van der Waals surface area contributed by atoms with Gasteiger partial charge < -0.3 is 10.1 Å². The van der Waals surface area contributed by atoms with E-state index < -0.39 is 0 Å². The minimum Gasteiger partial charge on any atom is -0.465 e. The maximum Gasteiger partial charge on any atom is 0.323 e. The molecule has 20 heavy (non-hydrogen) atoms. The molecule has 1 aliphatic rings. The fourth-order valence-electron chi connectivity index (χ4n) is 2.19. The van der Waals surface area contributed by atoms with Gasteiger partial charge in [-0.1, -0.05) is 0 Å². The maximum absolute atomic E-state index is 12.0. The Kier molecular flexibility index (Phi) is 5.21. The Balaban J connectivity index is 1.96. The monoisotopic (exact) mass is 343 g/mol. The average molecular weight is 344 g/mol. The Morgan fingerprint density at radius 3 is 2.75 bits per heavy atom. The van der Waals surface area contributed by atoms with E-state index in [-0.39, 0.29) is 12.0 Å². The molecular formula is C14H22BrN3O2. The van der Waals surface area contributed by atoms with Crippen LogP contribution in [0.15, 0.2) is 4.47 Å².